The summed E-state index contributed by atoms with van der Waals surface area (Å²) in [6.07, 6.45) is 3.22. The van der Waals surface area contributed by atoms with Crippen molar-refractivity contribution in [2.45, 2.75) is 22.6 Å². The molecule has 2 aromatic heterocycles. The van der Waals surface area contributed by atoms with Gasteiger partial charge < -0.3 is 0 Å². The number of likely N-dealkylation sites (tertiary alicyclic amines) is 1. The quantitative estimate of drug-likeness (QED) is 0.638. The molecule has 0 aliphatic carbocycles. The highest BCUT2D eigenvalue weighted by Crippen LogP contribution is 2.46. The van der Waals surface area contributed by atoms with Crippen LogP contribution in [0.4, 0.5) is 4.39 Å². The van der Waals surface area contributed by atoms with Gasteiger partial charge in [-0.25, -0.2) is 13.4 Å². The molecular formula is C21H18FN3O2S. The maximum atomic E-state index is 13.1. The van der Waals surface area contributed by atoms with Crippen LogP contribution < -0.4 is 0 Å². The van der Waals surface area contributed by atoms with Gasteiger partial charge in [-0.3, -0.25) is 9.88 Å². The minimum absolute atomic E-state index is 0.0583. The van der Waals surface area contributed by atoms with E-state index in [1.807, 2.05) is 24.3 Å². The van der Waals surface area contributed by atoms with Crippen molar-refractivity contribution < 1.29 is 12.8 Å². The van der Waals surface area contributed by atoms with E-state index in [1.54, 1.807) is 24.4 Å². The monoisotopic (exact) mass is 395 g/mol. The summed E-state index contributed by atoms with van der Waals surface area (Å²) in [5.74, 6) is -0.592. The maximum absolute atomic E-state index is 13.1. The summed E-state index contributed by atoms with van der Waals surface area (Å²) in [7, 11) is -3.35. The van der Waals surface area contributed by atoms with Crippen molar-refractivity contribution in [3.05, 3.63) is 78.1 Å². The molecule has 1 fully saturated rings. The number of halogens is 1. The highest BCUT2D eigenvalue weighted by atomic mass is 32.2. The molecule has 4 heterocycles. The van der Waals surface area contributed by atoms with Gasteiger partial charge >= 0.3 is 0 Å². The Balaban J connectivity index is 1.48. The van der Waals surface area contributed by atoms with E-state index in [9.17, 15) is 12.8 Å². The van der Waals surface area contributed by atoms with Crippen molar-refractivity contribution in [1.82, 2.24) is 14.9 Å². The Morgan fingerprint density at radius 3 is 2.64 bits per heavy atom. The van der Waals surface area contributed by atoms with E-state index < -0.39 is 21.0 Å². The maximum Gasteiger partial charge on any atom is 0.212 e. The van der Waals surface area contributed by atoms with Crippen LogP contribution in [-0.2, 0) is 16.4 Å². The first-order valence-electron chi connectivity index (χ1n) is 9.14. The van der Waals surface area contributed by atoms with Crippen molar-refractivity contribution in [1.29, 1.82) is 0 Å². The number of hydrogen-bond acceptors (Lipinski definition) is 5. The van der Waals surface area contributed by atoms with Crippen LogP contribution in [0.2, 0.25) is 0 Å². The number of nitrogens with zero attached hydrogens (tertiary/aromatic N) is 3. The molecule has 2 atom stereocenters. The molecule has 0 bridgehead atoms. The lowest BCUT2D eigenvalue weighted by atomic mass is 9.95. The molecule has 0 radical (unpaired) electrons. The Morgan fingerprint density at radius 2 is 1.89 bits per heavy atom. The fraction of sp³-hybridized carbons (Fsp3) is 0.238. The number of benzene rings is 1. The number of aromatic nitrogens is 2. The van der Waals surface area contributed by atoms with Crippen LogP contribution >= 0.6 is 0 Å². The number of sulfone groups is 1. The lowest BCUT2D eigenvalue weighted by Crippen LogP contribution is -2.26. The summed E-state index contributed by atoms with van der Waals surface area (Å²) in [6, 6.07) is 14.1. The van der Waals surface area contributed by atoms with Crippen LogP contribution in [0.1, 0.15) is 17.2 Å². The number of hydrogen-bond donors (Lipinski definition) is 0. The van der Waals surface area contributed by atoms with Crippen molar-refractivity contribution in [2.24, 2.45) is 0 Å². The molecule has 0 amide bonds. The molecule has 5 rings (SSSR count). The van der Waals surface area contributed by atoms with Crippen LogP contribution in [0.3, 0.4) is 0 Å². The molecular weight excluding hydrogens is 377 g/mol. The fourth-order valence-electron chi connectivity index (χ4n) is 4.30. The molecule has 0 saturated carbocycles. The van der Waals surface area contributed by atoms with Crippen LogP contribution in [0.25, 0.3) is 11.1 Å². The molecule has 2 aliphatic rings. The highest BCUT2D eigenvalue weighted by molar-refractivity contribution is 7.92. The zero-order valence-electron chi connectivity index (χ0n) is 15.0. The lowest BCUT2D eigenvalue weighted by Gasteiger charge is -2.17. The van der Waals surface area contributed by atoms with Crippen LogP contribution in [0.15, 0.2) is 65.8 Å². The molecule has 1 aromatic carbocycles. The summed E-state index contributed by atoms with van der Waals surface area (Å²) >= 11 is 0. The van der Waals surface area contributed by atoms with Crippen molar-refractivity contribution in [3.63, 3.8) is 0 Å². The largest absolute Gasteiger partial charge is 0.296 e. The molecule has 5 nitrogen and oxygen atoms in total. The van der Waals surface area contributed by atoms with E-state index in [4.69, 9.17) is 0 Å². The summed E-state index contributed by atoms with van der Waals surface area (Å²) in [5, 5.41) is -0.423. The fourth-order valence-corrected chi connectivity index (χ4v) is 6.50. The highest BCUT2D eigenvalue weighted by Gasteiger charge is 2.50. The molecule has 0 N–H and O–H groups in total. The first kappa shape index (κ1) is 17.5. The summed E-state index contributed by atoms with van der Waals surface area (Å²) < 4.78 is 39.2. The Morgan fingerprint density at radius 1 is 1.04 bits per heavy atom. The van der Waals surface area contributed by atoms with E-state index in [0.29, 0.717) is 24.5 Å². The Labute approximate surface area is 162 Å². The van der Waals surface area contributed by atoms with E-state index >= 15 is 0 Å². The lowest BCUT2D eigenvalue weighted by molar-refractivity contribution is 0.321. The van der Waals surface area contributed by atoms with E-state index in [0.717, 1.165) is 22.4 Å². The van der Waals surface area contributed by atoms with Crippen molar-refractivity contribution in [3.8, 4) is 11.1 Å². The molecule has 0 unspecified atom stereocenters. The van der Waals surface area contributed by atoms with Gasteiger partial charge in [0.2, 0.25) is 5.95 Å². The minimum atomic E-state index is -3.35. The van der Waals surface area contributed by atoms with Crippen molar-refractivity contribution in [2.75, 3.05) is 13.1 Å². The summed E-state index contributed by atoms with van der Waals surface area (Å²) in [4.78, 5) is 10.6. The molecule has 2 aliphatic heterocycles. The van der Waals surface area contributed by atoms with Gasteiger partial charge in [0.05, 0.1) is 15.8 Å². The topological polar surface area (TPSA) is 63.2 Å². The first-order valence-corrected chi connectivity index (χ1v) is 10.7. The summed E-state index contributed by atoms with van der Waals surface area (Å²) in [6.45, 7) is 1.82. The molecule has 7 heteroatoms. The van der Waals surface area contributed by atoms with Gasteiger partial charge in [0.1, 0.15) is 0 Å². The van der Waals surface area contributed by atoms with Gasteiger partial charge in [-0.05, 0) is 47.5 Å². The molecule has 1 saturated heterocycles. The third-order valence-electron chi connectivity index (χ3n) is 5.63. The summed E-state index contributed by atoms with van der Waals surface area (Å²) in [5.41, 5.74) is 3.42. The first-order chi connectivity index (χ1) is 13.5. The Bertz CT molecular complexity index is 1130. The average molecular weight is 395 g/mol. The second kappa shape index (κ2) is 6.46. The predicted octanol–water partition coefficient (Wildman–Crippen LogP) is 3.04. The second-order valence-corrected chi connectivity index (χ2v) is 9.46. The third kappa shape index (κ3) is 2.82. The predicted molar refractivity (Wildman–Crippen MR) is 103 cm³/mol. The number of pyridine rings is 2. The smallest absolute Gasteiger partial charge is 0.212 e. The molecule has 0 spiro atoms. The van der Waals surface area contributed by atoms with Gasteiger partial charge in [-0.15, -0.1) is 0 Å². The van der Waals surface area contributed by atoms with E-state index in [1.165, 1.54) is 12.3 Å². The van der Waals surface area contributed by atoms with Gasteiger partial charge in [0, 0.05) is 43.5 Å². The molecule has 3 aromatic rings. The second-order valence-electron chi connectivity index (χ2n) is 7.33. The van der Waals surface area contributed by atoms with Gasteiger partial charge in [-0.1, -0.05) is 12.1 Å². The third-order valence-corrected chi connectivity index (χ3v) is 7.89. The van der Waals surface area contributed by atoms with Gasteiger partial charge in [0.25, 0.3) is 0 Å². The average Bonchev–Trinajstić information content (AvgIpc) is 3.21. The van der Waals surface area contributed by atoms with Crippen LogP contribution in [-0.4, -0.2) is 41.6 Å². The van der Waals surface area contributed by atoms with Crippen molar-refractivity contribution >= 4 is 9.84 Å². The molecule has 142 valence electrons. The normalized spacial score (nSPS) is 22.8. The minimum Gasteiger partial charge on any atom is -0.296 e. The van der Waals surface area contributed by atoms with Crippen LogP contribution in [0, 0.1) is 5.95 Å². The number of rotatable bonds is 3. The van der Waals surface area contributed by atoms with Gasteiger partial charge in [-0.2, -0.15) is 4.39 Å². The van der Waals surface area contributed by atoms with E-state index in [2.05, 4.69) is 14.9 Å². The molecule has 28 heavy (non-hydrogen) atoms. The SMILES string of the molecule is O=S1(=O)c2ccc(-c3ccc(F)nc3)cc2[C@H]2CN(Cc3ccccn3)C[C@@H]21. The van der Waals surface area contributed by atoms with Crippen LogP contribution in [0.5, 0.6) is 0 Å². The Hall–Kier alpha value is -2.64. The zero-order valence-corrected chi connectivity index (χ0v) is 15.8. The van der Waals surface area contributed by atoms with Gasteiger partial charge in [0.15, 0.2) is 9.84 Å². The standard InChI is InChI=1S/C21H18FN3O2S/c22-21-7-5-15(10-24-21)14-4-6-19-17(9-14)18-12-25(13-20(18)28(19,26)27)11-16-3-1-2-8-23-16/h1-10,18,20H,11-13H2/t18-,20+/m1/s1. The number of fused-ring (bicyclic) bond motifs is 3. The Kier molecular flexibility index (Phi) is 4.03. The van der Waals surface area contributed by atoms with E-state index in [-0.39, 0.29) is 5.92 Å². The zero-order chi connectivity index (χ0) is 19.3.